The topological polar surface area (TPSA) is 41.3 Å². The monoisotopic (exact) mass is 209 g/mol. The number of hydrogen-bond donors (Lipinski definition) is 1. The molecule has 2 rings (SSSR count). The maximum Gasteiger partial charge on any atom is 0.153 e. The van der Waals surface area contributed by atoms with E-state index in [0.717, 1.165) is 13.0 Å². The second kappa shape index (κ2) is 4.23. The van der Waals surface area contributed by atoms with Gasteiger partial charge in [-0.25, -0.2) is 0 Å². The molecule has 1 saturated heterocycles. The lowest BCUT2D eigenvalue weighted by molar-refractivity contribution is 0.137. The van der Waals surface area contributed by atoms with E-state index in [1.54, 1.807) is 6.20 Å². The van der Waals surface area contributed by atoms with E-state index < -0.39 is 0 Å². The molecule has 0 saturated carbocycles. The smallest absolute Gasteiger partial charge is 0.153 e. The van der Waals surface area contributed by atoms with Crippen molar-refractivity contribution in [3.8, 4) is 5.75 Å². The van der Waals surface area contributed by atoms with Crippen LogP contribution in [0.25, 0.3) is 0 Å². The van der Waals surface area contributed by atoms with Crippen LogP contribution in [0.5, 0.6) is 5.75 Å². The second-order valence-electron chi connectivity index (χ2n) is 4.56. The largest absolute Gasteiger partial charge is 0.505 e. The van der Waals surface area contributed by atoms with Gasteiger partial charge in [0.25, 0.3) is 0 Å². The lowest BCUT2D eigenvalue weighted by Gasteiger charge is -2.35. The zero-order chi connectivity index (χ0) is 10.8. The number of likely N-dealkylation sites (tertiary alicyclic amines) is 1. The molecular weight excluding hydrogens is 190 g/mol. The Morgan fingerprint density at radius 2 is 2.33 bits per heavy atom. The number of piperidine rings is 1. The van der Waals surface area contributed by atoms with Crippen LogP contribution in [0.3, 0.4) is 0 Å². The average molecular weight is 209 g/mol. The van der Waals surface area contributed by atoms with E-state index in [4.69, 9.17) is 0 Å². The van der Waals surface area contributed by atoms with Crippen LogP contribution in [0.4, 0.5) is 0 Å². The predicted octanol–water partition coefficient (Wildman–Crippen LogP) is 1.63. The molecule has 1 aromatic heterocycles. The number of hydrogen-bond acceptors (Lipinski definition) is 3. The molecule has 15 heavy (non-hydrogen) atoms. The fourth-order valence-electron chi connectivity index (χ4n) is 2.20. The third-order valence-corrected chi connectivity index (χ3v) is 3.12. The normalized spacial score (nSPS) is 23.5. The fourth-order valence-corrected chi connectivity index (χ4v) is 2.20. The van der Waals surface area contributed by atoms with Crippen molar-refractivity contribution in [2.75, 3.05) is 13.1 Å². The minimum Gasteiger partial charge on any atom is -0.505 e. The van der Waals surface area contributed by atoms with Gasteiger partial charge in [-0.2, -0.15) is 5.10 Å². The Hall–Kier alpha value is -1.03. The summed E-state index contributed by atoms with van der Waals surface area (Å²) in [6, 6.07) is 1.01. The summed E-state index contributed by atoms with van der Waals surface area (Å²) >= 11 is 0. The number of rotatable bonds is 2. The third kappa shape index (κ3) is 2.31. The molecule has 1 atom stereocenters. The molecule has 0 aliphatic carbocycles. The number of nitrogens with zero attached hydrogens (tertiary/aromatic N) is 3. The molecule has 4 heteroatoms. The number of aromatic hydroxyl groups is 1. The van der Waals surface area contributed by atoms with Gasteiger partial charge in [0.15, 0.2) is 5.75 Å². The van der Waals surface area contributed by atoms with E-state index >= 15 is 0 Å². The molecule has 4 nitrogen and oxygen atoms in total. The van der Waals surface area contributed by atoms with Crippen LogP contribution in [0.1, 0.15) is 32.7 Å². The first kappa shape index (κ1) is 10.5. The van der Waals surface area contributed by atoms with E-state index in [1.807, 2.05) is 4.68 Å². The molecule has 1 aromatic rings. The molecule has 0 radical (unpaired) electrons. The van der Waals surface area contributed by atoms with Gasteiger partial charge in [-0.1, -0.05) is 0 Å². The summed E-state index contributed by atoms with van der Waals surface area (Å²) in [4.78, 5) is 2.47. The zero-order valence-corrected chi connectivity index (χ0v) is 9.43. The van der Waals surface area contributed by atoms with Crippen molar-refractivity contribution in [3.05, 3.63) is 12.4 Å². The molecule has 0 amide bonds. The molecule has 0 bridgehead atoms. The maximum absolute atomic E-state index is 9.26. The van der Waals surface area contributed by atoms with E-state index in [0.29, 0.717) is 12.1 Å². The van der Waals surface area contributed by atoms with E-state index in [9.17, 15) is 5.11 Å². The molecule has 1 unspecified atom stereocenters. The van der Waals surface area contributed by atoms with Gasteiger partial charge in [0.2, 0.25) is 0 Å². The van der Waals surface area contributed by atoms with Crippen molar-refractivity contribution in [2.24, 2.45) is 0 Å². The Labute approximate surface area is 90.5 Å². The Bertz CT molecular complexity index is 321. The Kier molecular flexibility index (Phi) is 2.95. The zero-order valence-electron chi connectivity index (χ0n) is 9.43. The van der Waals surface area contributed by atoms with Gasteiger partial charge < -0.3 is 5.11 Å². The van der Waals surface area contributed by atoms with Gasteiger partial charge in [0.05, 0.1) is 18.4 Å². The highest BCUT2D eigenvalue weighted by atomic mass is 16.3. The summed E-state index contributed by atoms with van der Waals surface area (Å²) in [6.07, 6.45) is 5.59. The first-order valence-corrected chi connectivity index (χ1v) is 5.64. The van der Waals surface area contributed by atoms with Gasteiger partial charge in [-0.05, 0) is 33.2 Å². The van der Waals surface area contributed by atoms with Crippen molar-refractivity contribution in [1.82, 2.24) is 14.7 Å². The van der Waals surface area contributed by atoms with E-state index in [-0.39, 0.29) is 5.75 Å². The molecule has 0 spiro atoms. The fraction of sp³-hybridized carbons (Fsp3) is 0.727. The van der Waals surface area contributed by atoms with Crippen molar-refractivity contribution in [3.63, 3.8) is 0 Å². The summed E-state index contributed by atoms with van der Waals surface area (Å²) in [5, 5.41) is 13.4. The molecule has 1 fully saturated rings. The average Bonchev–Trinajstić information content (AvgIpc) is 2.65. The Morgan fingerprint density at radius 1 is 1.53 bits per heavy atom. The SMILES string of the molecule is CC(C)N1CCCC(n2cc(O)cn2)C1. The van der Waals surface area contributed by atoms with Crippen LogP contribution < -0.4 is 0 Å². The first-order chi connectivity index (χ1) is 7.16. The Morgan fingerprint density at radius 3 is 2.93 bits per heavy atom. The highest BCUT2D eigenvalue weighted by Crippen LogP contribution is 2.23. The van der Waals surface area contributed by atoms with Crippen molar-refractivity contribution >= 4 is 0 Å². The van der Waals surface area contributed by atoms with Gasteiger partial charge >= 0.3 is 0 Å². The van der Waals surface area contributed by atoms with Gasteiger partial charge in [0, 0.05) is 12.6 Å². The van der Waals surface area contributed by atoms with Crippen molar-refractivity contribution in [2.45, 2.75) is 38.8 Å². The third-order valence-electron chi connectivity index (χ3n) is 3.12. The van der Waals surface area contributed by atoms with Crippen LogP contribution in [0.2, 0.25) is 0 Å². The first-order valence-electron chi connectivity index (χ1n) is 5.64. The highest BCUT2D eigenvalue weighted by molar-refractivity contribution is 5.09. The summed E-state index contributed by atoms with van der Waals surface area (Å²) < 4.78 is 1.89. The van der Waals surface area contributed by atoms with Crippen LogP contribution in [0.15, 0.2) is 12.4 Å². The molecular formula is C11H19N3O. The summed E-state index contributed by atoms with van der Waals surface area (Å²) in [5.41, 5.74) is 0. The molecule has 1 aliphatic heterocycles. The molecule has 2 heterocycles. The lowest BCUT2D eigenvalue weighted by atomic mass is 10.0. The highest BCUT2D eigenvalue weighted by Gasteiger charge is 2.23. The standard InChI is InChI=1S/C11H19N3O/c1-9(2)13-5-3-4-10(7-13)14-8-11(15)6-12-14/h6,8-10,15H,3-5,7H2,1-2H3. The molecule has 0 aromatic carbocycles. The summed E-state index contributed by atoms with van der Waals surface area (Å²) in [6.45, 7) is 6.67. The molecule has 1 aliphatic rings. The van der Waals surface area contributed by atoms with Crippen LogP contribution in [-0.4, -0.2) is 38.9 Å². The maximum atomic E-state index is 9.26. The van der Waals surface area contributed by atoms with E-state index in [2.05, 4.69) is 23.8 Å². The molecule has 84 valence electrons. The van der Waals surface area contributed by atoms with Gasteiger partial charge in [0.1, 0.15) is 0 Å². The second-order valence-corrected chi connectivity index (χ2v) is 4.56. The minimum atomic E-state index is 0.261. The van der Waals surface area contributed by atoms with Crippen LogP contribution >= 0.6 is 0 Å². The Balaban J connectivity index is 2.04. The minimum absolute atomic E-state index is 0.261. The predicted molar refractivity (Wildman–Crippen MR) is 58.9 cm³/mol. The quantitative estimate of drug-likeness (QED) is 0.805. The van der Waals surface area contributed by atoms with E-state index in [1.165, 1.54) is 19.2 Å². The molecule has 1 N–H and O–H groups in total. The van der Waals surface area contributed by atoms with Crippen LogP contribution in [-0.2, 0) is 0 Å². The van der Waals surface area contributed by atoms with Gasteiger partial charge in [-0.15, -0.1) is 0 Å². The van der Waals surface area contributed by atoms with Crippen molar-refractivity contribution in [1.29, 1.82) is 0 Å². The van der Waals surface area contributed by atoms with Gasteiger partial charge in [-0.3, -0.25) is 9.58 Å². The van der Waals surface area contributed by atoms with Crippen LogP contribution in [0, 0.1) is 0 Å². The number of aromatic nitrogens is 2. The summed E-state index contributed by atoms with van der Waals surface area (Å²) in [5.74, 6) is 0.261. The van der Waals surface area contributed by atoms with Crippen molar-refractivity contribution < 1.29 is 5.11 Å². The lowest BCUT2D eigenvalue weighted by Crippen LogP contribution is -2.40. The summed E-state index contributed by atoms with van der Waals surface area (Å²) in [7, 11) is 0.